The Balaban J connectivity index is 0. The predicted molar refractivity (Wildman–Crippen MR) is 87.4 cm³/mol. The van der Waals surface area contributed by atoms with Crippen molar-refractivity contribution < 1.29 is 0 Å². The van der Waals surface area contributed by atoms with E-state index in [0.717, 1.165) is 0 Å². The van der Waals surface area contributed by atoms with Crippen LogP contribution >= 0.6 is 0 Å². The van der Waals surface area contributed by atoms with Crippen LogP contribution < -0.4 is 0 Å². The average Bonchev–Trinajstić information content (AvgIpc) is 1.79. The first kappa shape index (κ1) is 19.1. The van der Waals surface area contributed by atoms with Gasteiger partial charge >= 0.3 is 114 Å². The van der Waals surface area contributed by atoms with Crippen molar-refractivity contribution in [2.75, 3.05) is 0 Å². The third-order valence-corrected chi connectivity index (χ3v) is 62.4. The van der Waals surface area contributed by atoms with Gasteiger partial charge in [-0.1, -0.05) is 0 Å². The maximum absolute atomic E-state index is 3.60. The van der Waals surface area contributed by atoms with Crippen molar-refractivity contribution in [3.63, 3.8) is 0 Å². The van der Waals surface area contributed by atoms with Gasteiger partial charge in [0.25, 0.3) is 0 Å². The summed E-state index contributed by atoms with van der Waals surface area (Å²) in [6.07, 6.45) is 0. The molecule has 5 heteroatoms. The molecule has 0 amide bonds. The van der Waals surface area contributed by atoms with Crippen molar-refractivity contribution in [1.29, 1.82) is 0 Å². The molecule has 0 aliphatic heterocycles. The molecule has 2 radical (unpaired) electrons. The Morgan fingerprint density at radius 2 is 0.800 bits per heavy atom. The molecule has 0 aromatic heterocycles. The van der Waals surface area contributed by atoms with Gasteiger partial charge in [0.2, 0.25) is 0 Å². The second-order valence-corrected chi connectivity index (χ2v) is 50.9. The first-order valence-corrected chi connectivity index (χ1v) is 26.0. The summed E-state index contributed by atoms with van der Waals surface area (Å²) in [4.78, 5) is 0. The van der Waals surface area contributed by atoms with Gasteiger partial charge in [-0.15, -0.1) is 0 Å². The summed E-state index contributed by atoms with van der Waals surface area (Å²) in [5, 5.41) is 0. The van der Waals surface area contributed by atoms with Crippen molar-refractivity contribution in [3.8, 4) is 0 Å². The fourth-order valence-corrected chi connectivity index (χ4v) is 30.4. The van der Waals surface area contributed by atoms with Crippen LogP contribution in [0.5, 0.6) is 0 Å². The summed E-state index contributed by atoms with van der Waals surface area (Å²) in [6.45, 7) is 17.7. The number of rotatable bonds is 2. The van der Waals surface area contributed by atoms with Gasteiger partial charge in [0.15, 0.2) is 0 Å². The zero-order chi connectivity index (χ0) is 13.1. The molecule has 0 fully saturated rings. The molecule has 0 aliphatic rings. The van der Waals surface area contributed by atoms with Gasteiger partial charge in [0.1, 0.15) is 0 Å². The average molecular weight is 386 g/mol. The van der Waals surface area contributed by atoms with Crippen molar-refractivity contribution in [2.24, 2.45) is 0 Å². The van der Waals surface area contributed by atoms with Crippen LogP contribution in [0.25, 0.3) is 0 Å². The zero-order valence-corrected chi connectivity index (χ0v) is 19.2. The van der Waals surface area contributed by atoms with E-state index in [0.29, 0.717) is 0 Å². The molecular weight excluding hydrogens is 356 g/mol. The Morgan fingerprint density at radius 1 is 0.667 bits per heavy atom. The van der Waals surface area contributed by atoms with Crippen molar-refractivity contribution in [2.45, 2.75) is 63.1 Å². The van der Waals surface area contributed by atoms with E-state index in [2.05, 4.69) is 78.5 Å². The zero-order valence-electron chi connectivity index (χ0n) is 12.4. The van der Waals surface area contributed by atoms with Crippen molar-refractivity contribution in [1.82, 2.24) is 0 Å². The molecule has 0 aromatic carbocycles. The molecule has 0 heterocycles. The van der Waals surface area contributed by atoms with Gasteiger partial charge in [0, 0.05) is 0 Å². The maximum atomic E-state index is 3.60. The molecule has 0 rings (SSSR count). The van der Waals surface area contributed by atoms with Gasteiger partial charge < -0.3 is 0 Å². The Kier molecular flexibility index (Phi) is 8.38. The molecule has 0 saturated heterocycles. The minimum atomic E-state index is -0.954. The van der Waals surface area contributed by atoms with Gasteiger partial charge in [-0.25, -0.2) is 0 Å². The van der Waals surface area contributed by atoms with Gasteiger partial charge in [-0.3, -0.25) is 0 Å². The Labute approximate surface area is 113 Å². The van der Waals surface area contributed by atoms with E-state index in [1.54, 1.807) is 0 Å². The van der Waals surface area contributed by atoms with E-state index >= 15 is 0 Å². The second-order valence-electron chi connectivity index (χ2n) is 7.03. The molecular formula is C10H30GeSeSi3. The summed E-state index contributed by atoms with van der Waals surface area (Å²) in [7, 11) is -1.75. The van der Waals surface area contributed by atoms with Crippen LogP contribution in [0.1, 0.15) is 0 Å². The van der Waals surface area contributed by atoms with E-state index in [1.165, 1.54) is 0 Å². The molecule has 0 aliphatic carbocycles. The molecule has 0 aromatic rings. The van der Waals surface area contributed by atoms with E-state index < -0.39 is 20.9 Å². The molecule has 15 heavy (non-hydrogen) atoms. The predicted octanol–water partition coefficient (Wildman–Crippen LogP) is 3.93. The first-order chi connectivity index (χ1) is 6.23. The first-order valence-electron chi connectivity index (χ1n) is 5.70. The topological polar surface area (TPSA) is 0 Å². The normalized spacial score (nSPS) is 13.6. The van der Waals surface area contributed by atoms with Crippen LogP contribution in [0, 0.1) is 0 Å². The van der Waals surface area contributed by atoms with Crippen LogP contribution in [0.3, 0.4) is 0 Å². The van der Waals surface area contributed by atoms with Gasteiger partial charge in [-0.2, -0.15) is 0 Å². The molecule has 0 bridgehead atoms. The minimum absolute atomic E-state index is 0.333. The SMILES string of the molecule is C[Si](C)(C)[Si](C)([Se])[Si](C)(C)C.[CH3][Ge]([CH3])[CH3]. The third-order valence-electron chi connectivity index (χ3n) is 2.86. The summed E-state index contributed by atoms with van der Waals surface area (Å²) in [5.74, 6) is 7.00. The fourth-order valence-electron chi connectivity index (χ4n) is 1.12. The molecule has 0 N–H and O–H groups in total. The number of hydrogen-bond donors (Lipinski definition) is 0. The summed E-state index contributed by atoms with van der Waals surface area (Å²) in [5.41, 5.74) is -0.954. The van der Waals surface area contributed by atoms with Gasteiger partial charge in [-0.05, 0) is 0 Å². The van der Waals surface area contributed by atoms with Crippen LogP contribution in [-0.2, 0) is 0 Å². The van der Waals surface area contributed by atoms with E-state index in [4.69, 9.17) is 0 Å². The number of hydrogen-bond acceptors (Lipinski definition) is 0. The Bertz CT molecular complexity index is 161. The molecule has 0 nitrogen and oxygen atoms in total. The molecule has 92 valence electrons. The molecule has 0 atom stereocenters. The van der Waals surface area contributed by atoms with E-state index in [1.807, 2.05) is 0 Å². The van der Waals surface area contributed by atoms with Crippen LogP contribution in [0.15, 0.2) is 0 Å². The summed E-state index contributed by atoms with van der Waals surface area (Å²) in [6, 6.07) is 0. The summed E-state index contributed by atoms with van der Waals surface area (Å²) < 4.78 is 0. The van der Waals surface area contributed by atoms with Crippen LogP contribution in [0.2, 0.25) is 63.1 Å². The standard InChI is InChI=1S/C7H21SeSi3.C3H9Ge/c1-9(2,3)11(7,8)10(4,5)6;1-4(2)3/h1-7H3;1-3H3. The second kappa shape index (κ2) is 6.59. The van der Waals surface area contributed by atoms with Crippen molar-refractivity contribution >= 4 is 50.6 Å². The monoisotopic (exact) mass is 388 g/mol. The van der Waals surface area contributed by atoms with Crippen LogP contribution in [0.4, 0.5) is 0 Å². The molecule has 0 unspecified atom stereocenters. The molecule has 0 saturated carbocycles. The Hall–Kier alpha value is 1.71. The molecule has 0 spiro atoms. The van der Waals surface area contributed by atoms with E-state index in [9.17, 15) is 0 Å². The summed E-state index contributed by atoms with van der Waals surface area (Å²) >= 11 is 3.26. The van der Waals surface area contributed by atoms with Crippen molar-refractivity contribution in [3.05, 3.63) is 0 Å². The Morgan fingerprint density at radius 3 is 0.800 bits per heavy atom. The van der Waals surface area contributed by atoms with Crippen LogP contribution in [-0.4, -0.2) is 50.6 Å². The quantitative estimate of drug-likeness (QED) is 0.631. The van der Waals surface area contributed by atoms with Gasteiger partial charge in [0.05, 0.1) is 0 Å². The fraction of sp³-hybridized carbons (Fsp3) is 1.00. The third kappa shape index (κ3) is 7.60. The van der Waals surface area contributed by atoms with E-state index in [-0.39, 0.29) is 14.3 Å².